The number of pyridine rings is 1. The number of ketones is 1. The van der Waals surface area contributed by atoms with Gasteiger partial charge in [0.25, 0.3) is 0 Å². The molecule has 1 unspecified atom stereocenters. The Balaban J connectivity index is 1.98. The first-order chi connectivity index (χ1) is 9.15. The number of hydrogen-bond donors (Lipinski definition) is 0. The van der Waals surface area contributed by atoms with Gasteiger partial charge in [-0.3, -0.25) is 4.79 Å². The van der Waals surface area contributed by atoms with Crippen LogP contribution in [-0.4, -0.2) is 16.1 Å². The van der Waals surface area contributed by atoms with Gasteiger partial charge in [0.2, 0.25) is 5.88 Å². The van der Waals surface area contributed by atoms with Gasteiger partial charge in [-0.2, -0.15) is 0 Å². The van der Waals surface area contributed by atoms with E-state index in [-0.39, 0.29) is 5.78 Å². The van der Waals surface area contributed by atoms with Crippen LogP contribution in [0.2, 0.25) is 0 Å². The summed E-state index contributed by atoms with van der Waals surface area (Å²) >= 11 is 5.80. The molecular formula is C15H12ClNO2. The second-order valence-corrected chi connectivity index (χ2v) is 5.18. The molecule has 1 atom stereocenters. The van der Waals surface area contributed by atoms with Crippen LogP contribution >= 0.6 is 11.6 Å². The van der Waals surface area contributed by atoms with E-state index in [0.29, 0.717) is 11.6 Å². The Hall–Kier alpha value is -1.87. The van der Waals surface area contributed by atoms with Gasteiger partial charge in [-0.25, -0.2) is 4.98 Å². The van der Waals surface area contributed by atoms with Crippen molar-refractivity contribution in [2.45, 2.75) is 18.7 Å². The second kappa shape index (κ2) is 4.67. The summed E-state index contributed by atoms with van der Waals surface area (Å²) in [5, 5.41) is -0.582. The van der Waals surface area contributed by atoms with Crippen molar-refractivity contribution in [3.05, 3.63) is 53.2 Å². The van der Waals surface area contributed by atoms with Crippen molar-refractivity contribution >= 4 is 17.4 Å². The molecule has 1 aliphatic heterocycles. The summed E-state index contributed by atoms with van der Waals surface area (Å²) < 4.78 is 5.74. The Labute approximate surface area is 116 Å². The number of ether oxygens (including phenoxy) is 1. The van der Waals surface area contributed by atoms with Crippen LogP contribution in [0.1, 0.15) is 28.5 Å². The van der Waals surface area contributed by atoms with Gasteiger partial charge in [0.1, 0.15) is 11.4 Å². The normalized spacial score (nSPS) is 14.0. The van der Waals surface area contributed by atoms with E-state index in [1.165, 1.54) is 0 Å². The van der Waals surface area contributed by atoms with E-state index in [2.05, 4.69) is 4.98 Å². The molecule has 0 aliphatic carbocycles. The highest BCUT2D eigenvalue weighted by molar-refractivity contribution is 6.33. The topological polar surface area (TPSA) is 39.2 Å². The molecule has 1 aromatic heterocycles. The highest BCUT2D eigenvalue weighted by Crippen LogP contribution is 2.34. The quantitative estimate of drug-likeness (QED) is 0.529. The Morgan fingerprint density at radius 1 is 1.26 bits per heavy atom. The van der Waals surface area contributed by atoms with Gasteiger partial charge in [-0.15, -0.1) is 11.6 Å². The Kier molecular flexibility index (Phi) is 2.99. The van der Waals surface area contributed by atoms with Crippen LogP contribution in [0.4, 0.5) is 0 Å². The largest absolute Gasteiger partial charge is 0.438 e. The molecule has 0 radical (unpaired) electrons. The summed E-state index contributed by atoms with van der Waals surface area (Å²) in [5.41, 5.74) is 2.46. The van der Waals surface area contributed by atoms with Crippen molar-refractivity contribution in [2.75, 3.05) is 0 Å². The van der Waals surface area contributed by atoms with E-state index in [1.807, 2.05) is 30.3 Å². The van der Waals surface area contributed by atoms with E-state index < -0.39 is 5.38 Å². The number of aromatic nitrogens is 1. The van der Waals surface area contributed by atoms with Gasteiger partial charge >= 0.3 is 0 Å². The minimum Gasteiger partial charge on any atom is -0.438 e. The maximum absolute atomic E-state index is 11.8. The number of carbonyl (C=O) groups excluding carboxylic acids is 1. The van der Waals surface area contributed by atoms with Crippen LogP contribution in [0.5, 0.6) is 11.6 Å². The smallest absolute Gasteiger partial charge is 0.223 e. The summed E-state index contributed by atoms with van der Waals surface area (Å²) in [6.45, 7) is 1.64. The molecule has 1 aromatic carbocycles. The SMILES string of the molecule is CC(Cl)C(=O)c1ccc2c(n1)Oc1ccccc1C2. The van der Waals surface area contributed by atoms with Crippen molar-refractivity contribution in [1.82, 2.24) is 4.98 Å². The van der Waals surface area contributed by atoms with Crippen LogP contribution in [0.25, 0.3) is 0 Å². The molecule has 1 aliphatic rings. The van der Waals surface area contributed by atoms with E-state index >= 15 is 0 Å². The molecular weight excluding hydrogens is 262 g/mol. The van der Waals surface area contributed by atoms with Gasteiger partial charge in [-0.05, 0) is 24.6 Å². The summed E-state index contributed by atoms with van der Waals surface area (Å²) in [5.74, 6) is 1.11. The molecule has 0 saturated carbocycles. The average molecular weight is 274 g/mol. The van der Waals surface area contributed by atoms with Crippen molar-refractivity contribution < 1.29 is 9.53 Å². The van der Waals surface area contributed by atoms with E-state index in [9.17, 15) is 4.79 Å². The molecule has 0 fully saturated rings. The number of halogens is 1. The third kappa shape index (κ3) is 2.22. The van der Waals surface area contributed by atoms with Crippen molar-refractivity contribution in [2.24, 2.45) is 0 Å². The van der Waals surface area contributed by atoms with Crippen molar-refractivity contribution in [3.8, 4) is 11.6 Å². The lowest BCUT2D eigenvalue weighted by atomic mass is 10.0. The maximum Gasteiger partial charge on any atom is 0.223 e. The Morgan fingerprint density at radius 3 is 2.84 bits per heavy atom. The lowest BCUT2D eigenvalue weighted by Gasteiger charge is -2.19. The monoisotopic (exact) mass is 273 g/mol. The Bertz CT molecular complexity index is 652. The molecule has 0 spiro atoms. The Morgan fingerprint density at radius 2 is 2.05 bits per heavy atom. The first kappa shape index (κ1) is 12.2. The minimum atomic E-state index is -0.582. The standard InChI is InChI=1S/C15H12ClNO2/c1-9(16)14(18)12-7-6-11-8-10-4-2-3-5-13(10)19-15(11)17-12/h2-7,9H,8H2,1H3. The van der Waals surface area contributed by atoms with E-state index in [1.54, 1.807) is 13.0 Å². The fourth-order valence-corrected chi connectivity index (χ4v) is 2.20. The molecule has 19 heavy (non-hydrogen) atoms. The van der Waals surface area contributed by atoms with Crippen molar-refractivity contribution in [3.63, 3.8) is 0 Å². The number of nitrogens with zero attached hydrogens (tertiary/aromatic N) is 1. The van der Waals surface area contributed by atoms with Crippen LogP contribution in [0, 0.1) is 0 Å². The number of fused-ring (bicyclic) bond motifs is 2. The molecule has 3 nitrogen and oxygen atoms in total. The zero-order chi connectivity index (χ0) is 13.4. The summed E-state index contributed by atoms with van der Waals surface area (Å²) in [6, 6.07) is 11.4. The number of carbonyl (C=O) groups is 1. The van der Waals surface area contributed by atoms with Gasteiger partial charge in [-0.1, -0.05) is 24.3 Å². The van der Waals surface area contributed by atoms with Crippen LogP contribution < -0.4 is 4.74 Å². The third-order valence-electron chi connectivity index (χ3n) is 3.11. The maximum atomic E-state index is 11.8. The molecule has 3 rings (SSSR count). The fraction of sp³-hybridized carbons (Fsp3) is 0.200. The number of para-hydroxylation sites is 1. The minimum absolute atomic E-state index is 0.188. The molecule has 2 aromatic rings. The summed E-state index contributed by atoms with van der Waals surface area (Å²) in [4.78, 5) is 16.1. The molecule has 0 bridgehead atoms. The first-order valence-electron chi connectivity index (χ1n) is 6.09. The number of hydrogen-bond acceptors (Lipinski definition) is 3. The first-order valence-corrected chi connectivity index (χ1v) is 6.53. The highest BCUT2D eigenvalue weighted by Gasteiger charge is 2.21. The van der Waals surface area contributed by atoms with Gasteiger partial charge in [0, 0.05) is 12.0 Å². The average Bonchev–Trinajstić information content (AvgIpc) is 2.43. The second-order valence-electron chi connectivity index (χ2n) is 4.53. The molecule has 0 saturated heterocycles. The number of alkyl halides is 1. The van der Waals surface area contributed by atoms with E-state index in [0.717, 1.165) is 23.3 Å². The highest BCUT2D eigenvalue weighted by atomic mass is 35.5. The summed E-state index contributed by atoms with van der Waals surface area (Å²) in [6.07, 6.45) is 0.767. The number of Topliss-reactive ketones (excluding diaryl/α,β-unsaturated/α-hetero) is 1. The van der Waals surface area contributed by atoms with Crippen LogP contribution in [0.15, 0.2) is 36.4 Å². The predicted molar refractivity (Wildman–Crippen MR) is 73.2 cm³/mol. The number of rotatable bonds is 2. The lowest BCUT2D eigenvalue weighted by molar-refractivity contribution is 0.0986. The van der Waals surface area contributed by atoms with Crippen molar-refractivity contribution in [1.29, 1.82) is 0 Å². The fourth-order valence-electron chi connectivity index (χ4n) is 2.09. The van der Waals surface area contributed by atoms with E-state index in [4.69, 9.17) is 16.3 Å². The molecule has 0 amide bonds. The van der Waals surface area contributed by atoms with Crippen LogP contribution in [0.3, 0.4) is 0 Å². The predicted octanol–water partition coefficient (Wildman–Crippen LogP) is 3.59. The van der Waals surface area contributed by atoms with Gasteiger partial charge < -0.3 is 4.74 Å². The van der Waals surface area contributed by atoms with Gasteiger partial charge in [0.05, 0.1) is 5.38 Å². The zero-order valence-corrected chi connectivity index (χ0v) is 11.1. The summed E-state index contributed by atoms with van der Waals surface area (Å²) in [7, 11) is 0. The van der Waals surface area contributed by atoms with Crippen LogP contribution in [-0.2, 0) is 6.42 Å². The zero-order valence-electron chi connectivity index (χ0n) is 10.4. The number of benzene rings is 1. The molecule has 96 valence electrons. The molecule has 2 heterocycles. The van der Waals surface area contributed by atoms with Gasteiger partial charge in [0.15, 0.2) is 5.78 Å². The molecule has 0 N–H and O–H groups in total. The molecule has 4 heteroatoms. The third-order valence-corrected chi connectivity index (χ3v) is 3.31. The lowest BCUT2D eigenvalue weighted by Crippen LogP contribution is -2.14.